The maximum absolute atomic E-state index is 12.5. The monoisotopic (exact) mass is 411 g/mol. The molecule has 27 heavy (non-hydrogen) atoms. The number of fused-ring (bicyclic) bond motifs is 1. The molecule has 0 radical (unpaired) electrons. The Morgan fingerprint density at radius 1 is 1.33 bits per heavy atom. The van der Waals surface area contributed by atoms with Gasteiger partial charge in [0.2, 0.25) is 0 Å². The smallest absolute Gasteiger partial charge is 0.410 e. The van der Waals surface area contributed by atoms with Gasteiger partial charge in [0.15, 0.2) is 0 Å². The SMILES string of the molecule is COc1cccc(-c2csc3c2OC(C)CN(C(=O)OC(C)(C)C)C3)c1.Cl. The zero-order chi connectivity index (χ0) is 18.9. The van der Waals surface area contributed by atoms with Gasteiger partial charge < -0.3 is 14.2 Å². The van der Waals surface area contributed by atoms with Crippen LogP contribution in [0.1, 0.15) is 32.6 Å². The Morgan fingerprint density at radius 3 is 2.74 bits per heavy atom. The highest BCUT2D eigenvalue weighted by Crippen LogP contribution is 2.42. The van der Waals surface area contributed by atoms with E-state index in [1.54, 1.807) is 23.3 Å². The lowest BCUT2D eigenvalue weighted by Crippen LogP contribution is -2.39. The third kappa shape index (κ3) is 5.08. The van der Waals surface area contributed by atoms with Crippen molar-refractivity contribution >= 4 is 29.8 Å². The van der Waals surface area contributed by atoms with Crippen LogP contribution in [0.15, 0.2) is 29.6 Å². The fourth-order valence-electron chi connectivity index (χ4n) is 2.87. The summed E-state index contributed by atoms with van der Waals surface area (Å²) in [6.07, 6.45) is -0.431. The largest absolute Gasteiger partial charge is 0.497 e. The van der Waals surface area contributed by atoms with Gasteiger partial charge in [0.05, 0.1) is 25.1 Å². The first-order valence-electron chi connectivity index (χ1n) is 8.66. The summed E-state index contributed by atoms with van der Waals surface area (Å²) < 4.78 is 17.1. The number of carbonyl (C=O) groups is 1. The second kappa shape index (κ2) is 8.40. The van der Waals surface area contributed by atoms with Crippen molar-refractivity contribution in [3.63, 3.8) is 0 Å². The van der Waals surface area contributed by atoms with Gasteiger partial charge in [-0.15, -0.1) is 23.7 Å². The molecule has 0 N–H and O–H groups in total. The average Bonchev–Trinajstić information content (AvgIpc) is 2.86. The Kier molecular flexibility index (Phi) is 6.65. The predicted molar refractivity (Wildman–Crippen MR) is 110 cm³/mol. The number of ether oxygens (including phenoxy) is 3. The molecule has 0 aliphatic carbocycles. The molecule has 1 unspecified atom stereocenters. The zero-order valence-electron chi connectivity index (χ0n) is 16.3. The lowest BCUT2D eigenvalue weighted by atomic mass is 10.1. The molecule has 5 nitrogen and oxygen atoms in total. The summed E-state index contributed by atoms with van der Waals surface area (Å²) in [6.45, 7) is 8.58. The van der Waals surface area contributed by atoms with Gasteiger partial charge in [-0.25, -0.2) is 4.79 Å². The van der Waals surface area contributed by atoms with E-state index in [1.807, 2.05) is 52.0 Å². The second-order valence-corrected chi connectivity index (χ2v) is 8.39. The summed E-state index contributed by atoms with van der Waals surface area (Å²) >= 11 is 1.60. The minimum absolute atomic E-state index is 0. The van der Waals surface area contributed by atoms with Crippen molar-refractivity contribution in [1.82, 2.24) is 4.90 Å². The number of hydrogen-bond donors (Lipinski definition) is 0. The van der Waals surface area contributed by atoms with Gasteiger partial charge in [-0.05, 0) is 45.4 Å². The number of methoxy groups -OCH3 is 1. The van der Waals surface area contributed by atoms with E-state index in [0.29, 0.717) is 13.1 Å². The van der Waals surface area contributed by atoms with Crippen LogP contribution in [0.4, 0.5) is 4.79 Å². The van der Waals surface area contributed by atoms with Crippen LogP contribution in [0.5, 0.6) is 11.5 Å². The van der Waals surface area contributed by atoms with E-state index in [0.717, 1.165) is 27.5 Å². The molecule has 7 heteroatoms. The molecule has 1 atom stereocenters. The first-order chi connectivity index (χ1) is 12.3. The molecular weight excluding hydrogens is 386 g/mol. The molecule has 148 valence electrons. The molecule has 0 fully saturated rings. The highest BCUT2D eigenvalue weighted by atomic mass is 35.5. The fourth-order valence-corrected chi connectivity index (χ4v) is 3.87. The van der Waals surface area contributed by atoms with Crippen LogP contribution >= 0.6 is 23.7 Å². The molecule has 1 aromatic carbocycles. The first kappa shape index (κ1) is 21.4. The number of thiophene rings is 1. The summed E-state index contributed by atoms with van der Waals surface area (Å²) in [7, 11) is 1.66. The lowest BCUT2D eigenvalue weighted by molar-refractivity contribution is 0.0190. The Hall–Kier alpha value is -1.92. The molecule has 1 aromatic heterocycles. The maximum atomic E-state index is 12.5. The Labute approximate surface area is 170 Å². The molecular formula is C20H26ClNO4S. The average molecular weight is 412 g/mol. The number of benzene rings is 1. The third-order valence-electron chi connectivity index (χ3n) is 3.98. The summed E-state index contributed by atoms with van der Waals surface area (Å²) in [5.41, 5.74) is 1.55. The van der Waals surface area contributed by atoms with E-state index >= 15 is 0 Å². The Morgan fingerprint density at radius 2 is 2.07 bits per heavy atom. The van der Waals surface area contributed by atoms with Gasteiger partial charge in [0.25, 0.3) is 0 Å². The van der Waals surface area contributed by atoms with Crippen molar-refractivity contribution in [2.75, 3.05) is 13.7 Å². The highest BCUT2D eigenvalue weighted by Gasteiger charge is 2.30. The van der Waals surface area contributed by atoms with Gasteiger partial charge in [0.1, 0.15) is 23.2 Å². The summed E-state index contributed by atoms with van der Waals surface area (Å²) in [4.78, 5) is 15.3. The first-order valence-corrected chi connectivity index (χ1v) is 9.54. The Balaban J connectivity index is 0.00000261. The lowest BCUT2D eigenvalue weighted by Gasteiger charge is -2.27. The number of rotatable bonds is 2. The van der Waals surface area contributed by atoms with Crippen molar-refractivity contribution in [3.8, 4) is 22.6 Å². The van der Waals surface area contributed by atoms with Crippen LogP contribution in [-0.4, -0.2) is 36.4 Å². The molecule has 3 rings (SSSR count). The van der Waals surface area contributed by atoms with E-state index in [9.17, 15) is 4.79 Å². The number of nitrogens with zero attached hydrogens (tertiary/aromatic N) is 1. The predicted octanol–water partition coefficient (Wildman–Crippen LogP) is 5.36. The molecule has 0 saturated carbocycles. The molecule has 1 aliphatic heterocycles. The van der Waals surface area contributed by atoms with Crippen LogP contribution in [0.2, 0.25) is 0 Å². The van der Waals surface area contributed by atoms with Gasteiger partial charge >= 0.3 is 6.09 Å². The van der Waals surface area contributed by atoms with E-state index in [-0.39, 0.29) is 24.6 Å². The van der Waals surface area contributed by atoms with E-state index in [4.69, 9.17) is 14.2 Å². The molecule has 0 bridgehead atoms. The minimum atomic E-state index is -0.516. The number of halogens is 1. The molecule has 0 spiro atoms. The minimum Gasteiger partial charge on any atom is -0.497 e. The quantitative estimate of drug-likeness (QED) is 0.667. The number of amides is 1. The number of carbonyl (C=O) groups excluding carboxylic acids is 1. The topological polar surface area (TPSA) is 48.0 Å². The van der Waals surface area contributed by atoms with Crippen molar-refractivity contribution in [1.29, 1.82) is 0 Å². The molecule has 0 saturated heterocycles. The fraction of sp³-hybridized carbons (Fsp3) is 0.450. The van der Waals surface area contributed by atoms with Gasteiger partial charge in [-0.2, -0.15) is 0 Å². The third-order valence-corrected chi connectivity index (χ3v) is 4.93. The van der Waals surface area contributed by atoms with Gasteiger partial charge in [-0.3, -0.25) is 4.90 Å². The van der Waals surface area contributed by atoms with Crippen LogP contribution < -0.4 is 9.47 Å². The zero-order valence-corrected chi connectivity index (χ0v) is 17.9. The van der Waals surface area contributed by atoms with Crippen LogP contribution in [-0.2, 0) is 11.3 Å². The van der Waals surface area contributed by atoms with Crippen LogP contribution in [0.3, 0.4) is 0 Å². The summed E-state index contributed by atoms with van der Waals surface area (Å²) in [5.74, 6) is 1.65. The van der Waals surface area contributed by atoms with Gasteiger partial charge in [-0.1, -0.05) is 12.1 Å². The van der Waals surface area contributed by atoms with Crippen LogP contribution in [0.25, 0.3) is 11.1 Å². The Bertz CT molecular complexity index is 800. The van der Waals surface area contributed by atoms with E-state index in [1.165, 1.54) is 0 Å². The van der Waals surface area contributed by atoms with Gasteiger partial charge in [0, 0.05) is 10.9 Å². The number of hydrogen-bond acceptors (Lipinski definition) is 5. The summed E-state index contributed by atoms with van der Waals surface area (Å²) in [5, 5.41) is 2.07. The highest BCUT2D eigenvalue weighted by molar-refractivity contribution is 7.10. The standard InChI is InChI=1S/C20H25NO4S.ClH/c1-13-10-21(19(22)25-20(2,3)4)11-17-18(24-13)16(12-26-17)14-7-6-8-15(9-14)23-5;/h6-9,12-13H,10-11H2,1-5H3;1H. The normalized spacial score (nSPS) is 16.5. The van der Waals surface area contributed by atoms with Crippen LogP contribution in [0, 0.1) is 0 Å². The molecule has 2 heterocycles. The molecule has 1 amide bonds. The summed E-state index contributed by atoms with van der Waals surface area (Å²) in [6, 6.07) is 7.91. The van der Waals surface area contributed by atoms with Crippen molar-refractivity contribution in [2.24, 2.45) is 0 Å². The van der Waals surface area contributed by atoms with E-state index < -0.39 is 5.60 Å². The van der Waals surface area contributed by atoms with Crippen molar-refractivity contribution < 1.29 is 19.0 Å². The molecule has 2 aromatic rings. The molecule has 1 aliphatic rings. The van der Waals surface area contributed by atoms with Crippen molar-refractivity contribution in [2.45, 2.75) is 45.9 Å². The van der Waals surface area contributed by atoms with Crippen molar-refractivity contribution in [3.05, 3.63) is 34.5 Å². The van der Waals surface area contributed by atoms with E-state index in [2.05, 4.69) is 5.38 Å². The maximum Gasteiger partial charge on any atom is 0.410 e. The second-order valence-electron chi connectivity index (χ2n) is 7.42.